The number of methoxy groups -OCH3 is 1. The minimum Gasteiger partial charge on any atom is -0.496 e. The van der Waals surface area contributed by atoms with E-state index in [4.69, 9.17) is 10.5 Å². The maximum Gasteiger partial charge on any atom is 0.126 e. The van der Waals surface area contributed by atoms with Crippen LogP contribution in [-0.2, 0) is 6.54 Å². The molecule has 0 bridgehead atoms. The molecule has 0 aliphatic heterocycles. The van der Waals surface area contributed by atoms with Gasteiger partial charge >= 0.3 is 0 Å². The zero-order chi connectivity index (χ0) is 14.5. The molecule has 0 aliphatic rings. The first-order valence-corrected chi connectivity index (χ1v) is 6.94. The first-order valence-electron chi connectivity index (χ1n) is 6.94. The summed E-state index contributed by atoms with van der Waals surface area (Å²) in [5, 5.41) is 3.52. The zero-order valence-corrected chi connectivity index (χ0v) is 13.0. The Morgan fingerprint density at radius 1 is 1.26 bits per heavy atom. The number of nitrogens with two attached hydrogens (primary N) is 1. The molecule has 0 aromatic heterocycles. The molecule has 3 heteroatoms. The standard InChI is InChI=1S/C16H28N2O/c1-12-8-13(2)15(19-5)14(9-12)10-18-11-16(3,4)6-7-17/h8-9,18H,6-7,10-11,17H2,1-5H3. The van der Waals surface area contributed by atoms with Crippen LogP contribution >= 0.6 is 0 Å². The summed E-state index contributed by atoms with van der Waals surface area (Å²) in [6.45, 7) is 11.2. The third kappa shape index (κ3) is 4.84. The second kappa shape index (κ2) is 6.92. The van der Waals surface area contributed by atoms with Gasteiger partial charge in [-0.1, -0.05) is 31.5 Å². The van der Waals surface area contributed by atoms with Crippen LogP contribution in [0.3, 0.4) is 0 Å². The van der Waals surface area contributed by atoms with E-state index in [1.807, 2.05) is 0 Å². The fraction of sp³-hybridized carbons (Fsp3) is 0.625. The summed E-state index contributed by atoms with van der Waals surface area (Å²) in [6.07, 6.45) is 1.03. The van der Waals surface area contributed by atoms with Gasteiger partial charge in [-0.2, -0.15) is 0 Å². The second-order valence-electron chi connectivity index (χ2n) is 6.08. The molecular weight excluding hydrogens is 236 g/mol. The molecule has 0 saturated carbocycles. The highest BCUT2D eigenvalue weighted by Gasteiger charge is 2.16. The van der Waals surface area contributed by atoms with E-state index in [1.54, 1.807) is 7.11 Å². The van der Waals surface area contributed by atoms with Crippen molar-refractivity contribution in [2.45, 2.75) is 40.7 Å². The van der Waals surface area contributed by atoms with Gasteiger partial charge in [0, 0.05) is 18.7 Å². The Balaban J connectivity index is 2.67. The molecule has 108 valence electrons. The van der Waals surface area contributed by atoms with Gasteiger partial charge < -0.3 is 15.8 Å². The van der Waals surface area contributed by atoms with Crippen molar-refractivity contribution in [3.63, 3.8) is 0 Å². The average molecular weight is 264 g/mol. The summed E-state index contributed by atoms with van der Waals surface area (Å²) < 4.78 is 5.50. The average Bonchev–Trinajstić information content (AvgIpc) is 2.28. The Bertz CT molecular complexity index is 413. The first kappa shape index (κ1) is 16.0. The number of rotatable bonds is 7. The molecule has 1 rings (SSSR count). The van der Waals surface area contributed by atoms with Crippen molar-refractivity contribution >= 4 is 0 Å². The van der Waals surface area contributed by atoms with Gasteiger partial charge in [-0.25, -0.2) is 0 Å². The van der Waals surface area contributed by atoms with Gasteiger partial charge in [0.05, 0.1) is 7.11 Å². The van der Waals surface area contributed by atoms with Gasteiger partial charge in [0.15, 0.2) is 0 Å². The van der Waals surface area contributed by atoms with Crippen LogP contribution in [0.2, 0.25) is 0 Å². The van der Waals surface area contributed by atoms with Crippen molar-refractivity contribution in [1.29, 1.82) is 0 Å². The Hall–Kier alpha value is -1.06. The third-order valence-electron chi connectivity index (χ3n) is 3.44. The summed E-state index contributed by atoms with van der Waals surface area (Å²) in [6, 6.07) is 4.34. The van der Waals surface area contributed by atoms with E-state index in [9.17, 15) is 0 Å². The van der Waals surface area contributed by atoms with Gasteiger partial charge in [0.2, 0.25) is 0 Å². The Morgan fingerprint density at radius 2 is 1.95 bits per heavy atom. The highest BCUT2D eigenvalue weighted by atomic mass is 16.5. The predicted octanol–water partition coefficient (Wildman–Crippen LogP) is 2.78. The van der Waals surface area contributed by atoms with Crippen LogP contribution in [0.1, 0.15) is 37.0 Å². The quantitative estimate of drug-likeness (QED) is 0.796. The molecule has 0 unspecified atom stereocenters. The van der Waals surface area contributed by atoms with E-state index in [1.165, 1.54) is 16.7 Å². The van der Waals surface area contributed by atoms with Crippen molar-refractivity contribution in [2.75, 3.05) is 20.2 Å². The fourth-order valence-corrected chi connectivity index (χ4v) is 2.48. The molecule has 0 radical (unpaired) electrons. The molecule has 19 heavy (non-hydrogen) atoms. The Labute approximate surface area is 117 Å². The molecule has 1 aromatic rings. The Morgan fingerprint density at radius 3 is 2.53 bits per heavy atom. The van der Waals surface area contributed by atoms with E-state index in [0.717, 1.165) is 31.8 Å². The van der Waals surface area contributed by atoms with Crippen molar-refractivity contribution in [3.05, 3.63) is 28.8 Å². The maximum atomic E-state index is 5.64. The zero-order valence-electron chi connectivity index (χ0n) is 13.0. The summed E-state index contributed by atoms with van der Waals surface area (Å²) in [4.78, 5) is 0. The predicted molar refractivity (Wildman–Crippen MR) is 81.6 cm³/mol. The van der Waals surface area contributed by atoms with Crippen molar-refractivity contribution in [1.82, 2.24) is 5.32 Å². The lowest BCUT2D eigenvalue weighted by Crippen LogP contribution is -2.31. The number of aryl methyl sites for hydroxylation is 2. The maximum absolute atomic E-state index is 5.64. The van der Waals surface area contributed by atoms with E-state index in [-0.39, 0.29) is 5.41 Å². The van der Waals surface area contributed by atoms with Crippen LogP contribution in [-0.4, -0.2) is 20.2 Å². The first-order chi connectivity index (χ1) is 8.89. The monoisotopic (exact) mass is 264 g/mol. The molecule has 0 fully saturated rings. The second-order valence-corrected chi connectivity index (χ2v) is 6.08. The topological polar surface area (TPSA) is 47.3 Å². The van der Waals surface area contributed by atoms with Crippen LogP contribution in [0.15, 0.2) is 12.1 Å². The number of hydrogen-bond acceptors (Lipinski definition) is 3. The molecule has 0 heterocycles. The number of nitrogens with one attached hydrogen (secondary N) is 1. The van der Waals surface area contributed by atoms with Crippen molar-refractivity contribution < 1.29 is 4.74 Å². The lowest BCUT2D eigenvalue weighted by molar-refractivity contribution is 0.317. The minimum atomic E-state index is 0.237. The van der Waals surface area contributed by atoms with E-state index < -0.39 is 0 Å². The molecule has 0 aliphatic carbocycles. The third-order valence-corrected chi connectivity index (χ3v) is 3.44. The molecule has 0 spiro atoms. The number of hydrogen-bond donors (Lipinski definition) is 2. The van der Waals surface area contributed by atoms with Crippen molar-refractivity contribution in [2.24, 2.45) is 11.1 Å². The molecule has 0 amide bonds. The fourth-order valence-electron chi connectivity index (χ4n) is 2.48. The summed E-state index contributed by atoms with van der Waals surface area (Å²) in [5.74, 6) is 0.995. The van der Waals surface area contributed by atoms with E-state index in [2.05, 4.69) is 45.1 Å². The Kier molecular flexibility index (Phi) is 5.83. The smallest absolute Gasteiger partial charge is 0.126 e. The van der Waals surface area contributed by atoms with Crippen LogP contribution in [0.4, 0.5) is 0 Å². The molecule has 3 N–H and O–H groups in total. The summed E-state index contributed by atoms with van der Waals surface area (Å²) in [5.41, 5.74) is 9.57. The van der Waals surface area contributed by atoms with Gasteiger partial charge in [-0.15, -0.1) is 0 Å². The number of ether oxygens (including phenoxy) is 1. The normalized spacial score (nSPS) is 11.7. The number of benzene rings is 1. The van der Waals surface area contributed by atoms with Gasteiger partial charge in [0.25, 0.3) is 0 Å². The van der Waals surface area contributed by atoms with Crippen LogP contribution in [0.5, 0.6) is 5.75 Å². The van der Waals surface area contributed by atoms with E-state index in [0.29, 0.717) is 0 Å². The van der Waals surface area contributed by atoms with Crippen LogP contribution in [0, 0.1) is 19.3 Å². The molecular formula is C16H28N2O. The highest BCUT2D eigenvalue weighted by molar-refractivity contribution is 5.43. The molecule has 0 atom stereocenters. The molecule has 1 aromatic carbocycles. The van der Waals surface area contributed by atoms with Crippen molar-refractivity contribution in [3.8, 4) is 5.75 Å². The lowest BCUT2D eigenvalue weighted by atomic mass is 9.89. The highest BCUT2D eigenvalue weighted by Crippen LogP contribution is 2.25. The summed E-state index contributed by atoms with van der Waals surface area (Å²) in [7, 11) is 1.74. The largest absolute Gasteiger partial charge is 0.496 e. The van der Waals surface area contributed by atoms with E-state index >= 15 is 0 Å². The molecule has 3 nitrogen and oxygen atoms in total. The SMILES string of the molecule is COc1c(C)cc(C)cc1CNCC(C)(C)CCN. The van der Waals surface area contributed by atoms with Crippen LogP contribution < -0.4 is 15.8 Å². The van der Waals surface area contributed by atoms with Gasteiger partial charge in [-0.3, -0.25) is 0 Å². The summed E-state index contributed by atoms with van der Waals surface area (Å²) >= 11 is 0. The lowest BCUT2D eigenvalue weighted by Gasteiger charge is -2.24. The minimum absolute atomic E-state index is 0.237. The van der Waals surface area contributed by atoms with Gasteiger partial charge in [-0.05, 0) is 37.8 Å². The van der Waals surface area contributed by atoms with Gasteiger partial charge in [0.1, 0.15) is 5.75 Å². The molecule has 0 saturated heterocycles. The van der Waals surface area contributed by atoms with Crippen LogP contribution in [0.25, 0.3) is 0 Å².